The van der Waals surface area contributed by atoms with E-state index in [0.29, 0.717) is 24.6 Å². The molecule has 3 heterocycles. The van der Waals surface area contributed by atoms with Crippen molar-refractivity contribution in [1.29, 1.82) is 0 Å². The van der Waals surface area contributed by atoms with Crippen LogP contribution in [0.1, 0.15) is 35.4 Å². The second-order valence-electron chi connectivity index (χ2n) is 8.32. The fourth-order valence-corrected chi connectivity index (χ4v) is 4.70. The summed E-state index contributed by atoms with van der Waals surface area (Å²) in [5, 5.41) is 0. The Morgan fingerprint density at radius 2 is 1.68 bits per heavy atom. The summed E-state index contributed by atoms with van der Waals surface area (Å²) in [6.07, 6.45) is 4.08. The summed E-state index contributed by atoms with van der Waals surface area (Å²) in [6, 6.07) is 16.8. The van der Waals surface area contributed by atoms with Gasteiger partial charge in [-0.25, -0.2) is 9.37 Å². The molecule has 6 heteroatoms. The van der Waals surface area contributed by atoms with Gasteiger partial charge in [-0.1, -0.05) is 36.8 Å². The highest BCUT2D eigenvalue weighted by Crippen LogP contribution is 2.28. The lowest BCUT2D eigenvalue weighted by Gasteiger charge is -2.36. The van der Waals surface area contributed by atoms with Crippen LogP contribution in [0.5, 0.6) is 0 Å². The Bertz CT molecular complexity index is 1070. The second kappa shape index (κ2) is 8.53. The van der Waals surface area contributed by atoms with Gasteiger partial charge in [-0.2, -0.15) is 0 Å². The van der Waals surface area contributed by atoms with Crippen LogP contribution in [0.3, 0.4) is 0 Å². The van der Waals surface area contributed by atoms with Crippen molar-refractivity contribution >= 4 is 11.6 Å². The van der Waals surface area contributed by atoms with E-state index in [1.54, 1.807) is 6.07 Å². The topological polar surface area (TPSA) is 41.4 Å². The molecular formula is C25H27FN4O. The number of nitrogens with zero attached hydrogens (tertiary/aromatic N) is 4. The average molecular weight is 419 g/mol. The summed E-state index contributed by atoms with van der Waals surface area (Å²) in [6.45, 7) is 3.79. The van der Waals surface area contributed by atoms with Crippen LogP contribution >= 0.6 is 0 Å². The van der Waals surface area contributed by atoms with Crippen LogP contribution < -0.4 is 4.90 Å². The first-order valence-electron chi connectivity index (χ1n) is 11.2. The Morgan fingerprint density at radius 1 is 0.871 bits per heavy atom. The Hall–Kier alpha value is -3.15. The van der Waals surface area contributed by atoms with Gasteiger partial charge in [-0.3, -0.25) is 4.79 Å². The number of imidazole rings is 1. The molecule has 160 valence electrons. The Morgan fingerprint density at radius 3 is 2.45 bits per heavy atom. The molecule has 2 aliphatic rings. The maximum absolute atomic E-state index is 13.9. The fourth-order valence-electron chi connectivity index (χ4n) is 4.70. The van der Waals surface area contributed by atoms with Gasteiger partial charge in [0.1, 0.15) is 17.3 Å². The third kappa shape index (κ3) is 3.94. The lowest BCUT2D eigenvalue weighted by Crippen LogP contribution is -2.49. The van der Waals surface area contributed by atoms with Crippen LogP contribution in [0.2, 0.25) is 0 Å². The molecule has 2 aromatic carbocycles. The van der Waals surface area contributed by atoms with E-state index in [0.717, 1.165) is 56.6 Å². The van der Waals surface area contributed by atoms with Crippen LogP contribution in [0.25, 0.3) is 11.4 Å². The van der Waals surface area contributed by atoms with Gasteiger partial charge in [-0.05, 0) is 43.5 Å². The van der Waals surface area contributed by atoms with Crippen molar-refractivity contribution in [3.05, 3.63) is 71.8 Å². The van der Waals surface area contributed by atoms with Crippen LogP contribution in [0, 0.1) is 5.82 Å². The van der Waals surface area contributed by atoms with Crippen LogP contribution in [0.4, 0.5) is 10.1 Å². The molecular weight excluding hydrogens is 391 g/mol. The average Bonchev–Trinajstić information content (AvgIpc) is 3.00. The molecule has 0 saturated carbocycles. The molecule has 5 rings (SSSR count). The van der Waals surface area contributed by atoms with Gasteiger partial charge < -0.3 is 14.4 Å². The van der Waals surface area contributed by atoms with Crippen molar-refractivity contribution in [2.75, 3.05) is 31.1 Å². The number of piperazine rings is 1. The SMILES string of the molecule is O=C(c1nc(-c2cccc(F)c2)n2c1CCCCC2)N1CCN(c2ccccc2)CC1. The lowest BCUT2D eigenvalue weighted by atomic mass is 10.1. The third-order valence-electron chi connectivity index (χ3n) is 6.34. The molecule has 0 N–H and O–H groups in total. The van der Waals surface area contributed by atoms with Gasteiger partial charge in [0.25, 0.3) is 5.91 Å². The number of benzene rings is 2. The maximum Gasteiger partial charge on any atom is 0.274 e. The molecule has 0 radical (unpaired) electrons. The first-order valence-corrected chi connectivity index (χ1v) is 11.2. The van der Waals surface area contributed by atoms with Crippen molar-refractivity contribution in [3.63, 3.8) is 0 Å². The van der Waals surface area contributed by atoms with Crippen LogP contribution in [-0.2, 0) is 13.0 Å². The quantitative estimate of drug-likeness (QED) is 0.634. The molecule has 0 spiro atoms. The number of para-hydroxylation sites is 1. The van der Waals surface area contributed by atoms with Gasteiger partial charge in [0.2, 0.25) is 0 Å². The molecule has 1 fully saturated rings. The highest BCUT2D eigenvalue weighted by molar-refractivity contribution is 5.94. The monoisotopic (exact) mass is 418 g/mol. The number of aromatic nitrogens is 2. The molecule has 0 bridgehead atoms. The molecule has 1 amide bonds. The number of carbonyl (C=O) groups is 1. The molecule has 1 aromatic heterocycles. The largest absolute Gasteiger partial charge is 0.368 e. The second-order valence-corrected chi connectivity index (χ2v) is 8.32. The first kappa shape index (κ1) is 19.8. The summed E-state index contributed by atoms with van der Waals surface area (Å²) in [4.78, 5) is 22.5. The summed E-state index contributed by atoms with van der Waals surface area (Å²) < 4.78 is 16.0. The van der Waals surface area contributed by atoms with Crippen molar-refractivity contribution < 1.29 is 9.18 Å². The van der Waals surface area contributed by atoms with Crippen molar-refractivity contribution in [1.82, 2.24) is 14.5 Å². The van der Waals surface area contributed by atoms with Gasteiger partial charge >= 0.3 is 0 Å². The number of hydrogen-bond acceptors (Lipinski definition) is 3. The number of halogens is 1. The van der Waals surface area contributed by atoms with Crippen molar-refractivity contribution in [2.24, 2.45) is 0 Å². The molecule has 5 nitrogen and oxygen atoms in total. The third-order valence-corrected chi connectivity index (χ3v) is 6.34. The minimum absolute atomic E-state index is 0.000940. The zero-order chi connectivity index (χ0) is 21.2. The number of carbonyl (C=O) groups excluding carboxylic acids is 1. The van der Waals surface area contributed by atoms with Gasteiger partial charge in [0, 0.05) is 44.0 Å². The van der Waals surface area contributed by atoms with Gasteiger partial charge in [0.15, 0.2) is 0 Å². The zero-order valence-electron chi connectivity index (χ0n) is 17.6. The number of fused-ring (bicyclic) bond motifs is 1. The number of anilines is 1. The minimum Gasteiger partial charge on any atom is -0.368 e. The Labute approximate surface area is 182 Å². The predicted molar refractivity (Wildman–Crippen MR) is 120 cm³/mol. The molecule has 3 aromatic rings. The fraction of sp³-hybridized carbons (Fsp3) is 0.360. The number of rotatable bonds is 3. The molecule has 0 unspecified atom stereocenters. The van der Waals surface area contributed by atoms with E-state index in [9.17, 15) is 9.18 Å². The number of amides is 1. The molecule has 2 aliphatic heterocycles. The standard InChI is InChI=1S/C25H27FN4O/c26-20-9-7-8-19(18-20)24-27-23(22-12-5-2-6-13-30(22)24)25(31)29-16-14-28(15-17-29)21-10-3-1-4-11-21/h1,3-4,7-11,18H,2,5-6,12-17H2. The predicted octanol–water partition coefficient (Wildman–Crippen LogP) is 4.38. The summed E-state index contributed by atoms with van der Waals surface area (Å²) >= 11 is 0. The van der Waals surface area contributed by atoms with Crippen molar-refractivity contribution in [2.45, 2.75) is 32.2 Å². The van der Waals surface area contributed by atoms with Gasteiger partial charge in [-0.15, -0.1) is 0 Å². The van der Waals surface area contributed by atoms with E-state index in [-0.39, 0.29) is 11.7 Å². The zero-order valence-corrected chi connectivity index (χ0v) is 17.6. The molecule has 0 atom stereocenters. The van der Waals surface area contributed by atoms with Gasteiger partial charge in [0.05, 0.1) is 5.69 Å². The van der Waals surface area contributed by atoms with E-state index in [2.05, 4.69) is 21.6 Å². The molecule has 31 heavy (non-hydrogen) atoms. The van der Waals surface area contributed by atoms with Crippen LogP contribution in [-0.4, -0.2) is 46.5 Å². The van der Waals surface area contributed by atoms with E-state index < -0.39 is 0 Å². The maximum atomic E-state index is 13.9. The number of hydrogen-bond donors (Lipinski definition) is 0. The Balaban J connectivity index is 1.41. The van der Waals surface area contributed by atoms with E-state index >= 15 is 0 Å². The highest BCUT2D eigenvalue weighted by atomic mass is 19.1. The first-order chi connectivity index (χ1) is 15.2. The smallest absolute Gasteiger partial charge is 0.274 e. The molecule has 0 aliphatic carbocycles. The Kier molecular flexibility index (Phi) is 5.45. The highest BCUT2D eigenvalue weighted by Gasteiger charge is 2.29. The van der Waals surface area contributed by atoms with Crippen LogP contribution in [0.15, 0.2) is 54.6 Å². The summed E-state index contributed by atoms with van der Waals surface area (Å²) in [5.41, 5.74) is 3.48. The van der Waals surface area contributed by atoms with E-state index in [1.165, 1.54) is 17.8 Å². The summed E-state index contributed by atoms with van der Waals surface area (Å²) in [7, 11) is 0. The lowest BCUT2D eigenvalue weighted by molar-refractivity contribution is 0.0740. The van der Waals surface area contributed by atoms with Crippen molar-refractivity contribution in [3.8, 4) is 11.4 Å². The minimum atomic E-state index is -0.284. The molecule has 1 saturated heterocycles. The van der Waals surface area contributed by atoms with E-state index in [4.69, 9.17) is 4.98 Å². The summed E-state index contributed by atoms with van der Waals surface area (Å²) in [5.74, 6) is 0.428. The normalized spacial score (nSPS) is 16.7. The van der Waals surface area contributed by atoms with E-state index in [1.807, 2.05) is 29.2 Å².